The molecule has 14 heteroatoms. The third-order valence-electron chi connectivity index (χ3n) is 3.11. The Morgan fingerprint density at radius 1 is 0.862 bits per heavy atom. The first-order chi connectivity index (χ1) is 13.4. The summed E-state index contributed by atoms with van der Waals surface area (Å²) in [7, 11) is 0. The fraction of sp³-hybridized carbons (Fsp3) is 0.867. The first-order valence-corrected chi connectivity index (χ1v) is 15.1. The van der Waals surface area contributed by atoms with E-state index in [0.29, 0.717) is 39.3 Å². The minimum atomic E-state index is -2.87. The van der Waals surface area contributed by atoms with Crippen molar-refractivity contribution in [2.75, 3.05) is 26.4 Å². The summed E-state index contributed by atoms with van der Waals surface area (Å²) in [4.78, 5) is 21.6. The van der Waals surface area contributed by atoms with Crippen LogP contribution < -0.4 is 11.1 Å². The summed E-state index contributed by atoms with van der Waals surface area (Å²) >= 11 is 13.7. The monoisotopic (exact) mass is 558 g/mol. The molecule has 3 amide bonds. The maximum atomic E-state index is 11.3. The molecule has 29 heavy (non-hydrogen) atoms. The van der Waals surface area contributed by atoms with Crippen molar-refractivity contribution in [2.45, 2.75) is 58.7 Å². The number of nitrogens with two attached hydrogens (primary N) is 1. The van der Waals surface area contributed by atoms with Gasteiger partial charge in [0.05, 0.1) is 26.4 Å². The zero-order valence-electron chi connectivity index (χ0n) is 17.8. The summed E-state index contributed by atoms with van der Waals surface area (Å²) < 4.78 is 26.2. The largest absolute Gasteiger partial charge is 0.351 e. The number of carbonyl (C=O) groups excluding carboxylic acids is 2. The lowest BCUT2D eigenvalue weighted by atomic mass is 10.0. The Kier molecular flexibility index (Phi) is 17.7. The number of primary amides is 1. The minimum Gasteiger partial charge on any atom is -0.351 e. The van der Waals surface area contributed by atoms with E-state index in [9.17, 15) is 9.59 Å². The molecular formula is C15H33BrN2O7P2S2. The molecule has 0 aromatic carbocycles. The third-order valence-corrected chi connectivity index (χ3v) is 11.0. The molecule has 0 bridgehead atoms. The van der Waals surface area contributed by atoms with E-state index in [1.807, 2.05) is 46.9 Å². The molecule has 0 heterocycles. The number of alkyl halides is 1. The summed E-state index contributed by atoms with van der Waals surface area (Å²) in [6.45, 7) is 6.81. The standard InChI is InChI=1S/C8H20O5P2S2.C7H13BrN2O2/c1-5-9-14(16,10-6-2)13-15(17,11-7-3)12-8-4;1-3-7(8,4-2)5(11)10-6(9)12/h5-8H2,1-4H3;3-4H2,1-2H3,(H3,9,10,11,12). The van der Waals surface area contributed by atoms with Crippen molar-refractivity contribution in [1.29, 1.82) is 0 Å². The van der Waals surface area contributed by atoms with Crippen LogP contribution in [0, 0.1) is 0 Å². The van der Waals surface area contributed by atoms with E-state index in [-0.39, 0.29) is 5.91 Å². The zero-order chi connectivity index (χ0) is 23.1. The van der Waals surface area contributed by atoms with Gasteiger partial charge in [-0.15, -0.1) is 0 Å². The predicted molar refractivity (Wildman–Crippen MR) is 126 cm³/mol. The van der Waals surface area contributed by atoms with Gasteiger partial charge in [-0.2, -0.15) is 0 Å². The lowest BCUT2D eigenvalue weighted by Gasteiger charge is -2.27. The fourth-order valence-electron chi connectivity index (χ4n) is 1.72. The summed E-state index contributed by atoms with van der Waals surface area (Å²) in [6.07, 6.45) is 1.23. The highest BCUT2D eigenvalue weighted by atomic mass is 79.9. The molecule has 0 saturated heterocycles. The average molecular weight is 559 g/mol. The van der Waals surface area contributed by atoms with Crippen molar-refractivity contribution >= 4 is 64.9 Å². The molecule has 0 atom stereocenters. The van der Waals surface area contributed by atoms with E-state index >= 15 is 0 Å². The van der Waals surface area contributed by atoms with Gasteiger partial charge in [-0.05, 0) is 64.2 Å². The molecule has 0 aromatic heterocycles. The van der Waals surface area contributed by atoms with E-state index in [0.717, 1.165) is 0 Å². The van der Waals surface area contributed by atoms with Crippen molar-refractivity contribution < 1.29 is 32.0 Å². The van der Waals surface area contributed by atoms with Crippen LogP contribution in [-0.2, 0) is 50.8 Å². The molecular weight excluding hydrogens is 526 g/mol. The number of halogens is 1. The van der Waals surface area contributed by atoms with Crippen LogP contribution in [0.4, 0.5) is 4.79 Å². The smallest absolute Gasteiger partial charge is 0.334 e. The Hall–Kier alpha value is 0.520. The van der Waals surface area contributed by atoms with Crippen molar-refractivity contribution in [2.24, 2.45) is 5.73 Å². The lowest BCUT2D eigenvalue weighted by Crippen LogP contribution is -2.46. The summed E-state index contributed by atoms with van der Waals surface area (Å²) in [5.74, 6) is -0.375. The van der Waals surface area contributed by atoms with Gasteiger partial charge >= 0.3 is 19.5 Å². The quantitative estimate of drug-likeness (QED) is 0.244. The number of nitrogens with one attached hydrogen (secondary N) is 1. The number of rotatable bonds is 13. The summed E-state index contributed by atoms with van der Waals surface area (Å²) in [6, 6.07) is -0.814. The van der Waals surface area contributed by atoms with E-state index < -0.39 is 23.8 Å². The van der Waals surface area contributed by atoms with Gasteiger partial charge in [0.2, 0.25) is 5.91 Å². The molecule has 0 unspecified atom stereocenters. The van der Waals surface area contributed by atoms with Crippen LogP contribution in [0.15, 0.2) is 0 Å². The van der Waals surface area contributed by atoms with E-state index in [2.05, 4.69) is 15.9 Å². The molecule has 0 rings (SSSR count). The Bertz CT molecular complexity index is 547. The average Bonchev–Trinajstić information content (AvgIpc) is 2.61. The Morgan fingerprint density at radius 2 is 1.17 bits per heavy atom. The van der Waals surface area contributed by atoms with Gasteiger partial charge in [-0.3, -0.25) is 10.1 Å². The number of urea groups is 1. The molecule has 0 saturated carbocycles. The lowest BCUT2D eigenvalue weighted by molar-refractivity contribution is -0.122. The van der Waals surface area contributed by atoms with E-state index in [1.54, 1.807) is 0 Å². The van der Waals surface area contributed by atoms with E-state index in [1.165, 1.54) is 0 Å². The zero-order valence-corrected chi connectivity index (χ0v) is 22.8. The molecule has 0 aliphatic rings. The molecule has 0 radical (unpaired) electrons. The first kappa shape index (κ1) is 31.7. The highest BCUT2D eigenvalue weighted by molar-refractivity contribution is 9.10. The van der Waals surface area contributed by atoms with Gasteiger partial charge in [0.15, 0.2) is 0 Å². The van der Waals surface area contributed by atoms with Crippen LogP contribution in [0.1, 0.15) is 54.4 Å². The van der Waals surface area contributed by atoms with Crippen LogP contribution >= 0.6 is 29.4 Å². The SMILES string of the molecule is CCC(Br)(CC)C(=O)NC(N)=O.CCOP(=S)(OCC)OP(=S)(OCC)OCC. The fourth-order valence-corrected chi connectivity index (χ4v) is 8.19. The number of hydrogen-bond donors (Lipinski definition) is 2. The number of hydrogen-bond acceptors (Lipinski definition) is 9. The summed E-state index contributed by atoms with van der Waals surface area (Å²) in [5.41, 5.74) is 4.81. The Morgan fingerprint density at radius 3 is 1.38 bits per heavy atom. The molecule has 9 nitrogen and oxygen atoms in total. The second kappa shape index (κ2) is 16.2. The maximum Gasteiger partial charge on any atom is 0.334 e. The van der Waals surface area contributed by atoms with Gasteiger partial charge in [-0.1, -0.05) is 29.8 Å². The molecule has 0 fully saturated rings. The van der Waals surface area contributed by atoms with Gasteiger partial charge in [0.1, 0.15) is 4.32 Å². The van der Waals surface area contributed by atoms with Crippen molar-refractivity contribution in [3.8, 4) is 0 Å². The van der Waals surface area contributed by atoms with Gasteiger partial charge < -0.3 is 23.8 Å². The van der Waals surface area contributed by atoms with Crippen LogP contribution in [0.5, 0.6) is 0 Å². The highest BCUT2D eigenvalue weighted by Crippen LogP contribution is 2.66. The molecule has 0 spiro atoms. The van der Waals surface area contributed by atoms with Gasteiger partial charge in [0.25, 0.3) is 0 Å². The normalized spacial score (nSPS) is 12.1. The highest BCUT2D eigenvalue weighted by Gasteiger charge is 2.32. The molecule has 0 aliphatic heterocycles. The van der Waals surface area contributed by atoms with Crippen LogP contribution in [0.3, 0.4) is 0 Å². The minimum absolute atomic E-state index is 0.375. The number of carbonyl (C=O) groups is 2. The number of imide groups is 1. The molecule has 174 valence electrons. The van der Waals surface area contributed by atoms with Gasteiger partial charge in [0, 0.05) is 0 Å². The van der Waals surface area contributed by atoms with E-state index in [4.69, 9.17) is 51.8 Å². The topological polar surface area (TPSA) is 118 Å². The van der Waals surface area contributed by atoms with Crippen LogP contribution in [-0.4, -0.2) is 42.7 Å². The second-order valence-electron chi connectivity index (χ2n) is 5.14. The molecule has 0 aliphatic carbocycles. The van der Waals surface area contributed by atoms with Crippen LogP contribution in [0.2, 0.25) is 0 Å². The molecule has 0 aromatic rings. The van der Waals surface area contributed by atoms with Crippen molar-refractivity contribution in [3.05, 3.63) is 0 Å². The molecule has 3 N–H and O–H groups in total. The van der Waals surface area contributed by atoms with Crippen molar-refractivity contribution in [3.63, 3.8) is 0 Å². The Balaban J connectivity index is 0. The second-order valence-corrected chi connectivity index (χ2v) is 12.8. The maximum absolute atomic E-state index is 11.3. The Labute approximate surface area is 192 Å². The van der Waals surface area contributed by atoms with Crippen molar-refractivity contribution in [1.82, 2.24) is 5.32 Å². The first-order valence-electron chi connectivity index (χ1n) is 9.20. The van der Waals surface area contributed by atoms with Crippen LogP contribution in [0.25, 0.3) is 0 Å². The third kappa shape index (κ3) is 13.5. The number of amides is 3. The summed E-state index contributed by atoms with van der Waals surface area (Å²) in [5, 5.41) is 2.04. The van der Waals surface area contributed by atoms with Gasteiger partial charge in [-0.25, -0.2) is 9.11 Å². The predicted octanol–water partition coefficient (Wildman–Crippen LogP) is 4.73.